The van der Waals surface area contributed by atoms with Gasteiger partial charge in [-0.2, -0.15) is 0 Å². The fourth-order valence-corrected chi connectivity index (χ4v) is 8.05. The van der Waals surface area contributed by atoms with E-state index in [-0.39, 0.29) is 225 Å². The van der Waals surface area contributed by atoms with Gasteiger partial charge in [0.2, 0.25) is 70.9 Å². The molecule has 632 valence electrons. The van der Waals surface area contributed by atoms with Gasteiger partial charge in [-0.3, -0.25) is 115 Å². The first kappa shape index (κ1) is 107. The summed E-state index contributed by atoms with van der Waals surface area (Å²) in [5.41, 5.74) is 20.7. The van der Waals surface area contributed by atoms with Crippen LogP contribution in [0.25, 0.3) is 0 Å². The van der Waals surface area contributed by atoms with E-state index in [4.69, 9.17) is 22.9 Å². The van der Waals surface area contributed by atoms with Gasteiger partial charge in [0.05, 0.1) is 80.8 Å². The number of nitrogens with one attached hydrogen (secondary N) is 8. The van der Waals surface area contributed by atoms with Crippen molar-refractivity contribution in [2.24, 2.45) is 22.9 Å². The zero-order valence-corrected chi connectivity index (χ0v) is 65.0. The minimum atomic E-state index is -0.732. The lowest BCUT2D eigenvalue weighted by atomic mass is 10.2. The van der Waals surface area contributed by atoms with Gasteiger partial charge in [0.15, 0.2) is 23.1 Å². The third-order valence-electron chi connectivity index (χ3n) is 14.3. The average Bonchev–Trinajstić information content (AvgIpc) is 0.918. The Morgan fingerprint density at radius 1 is 0.214 bits per heavy atom. The van der Waals surface area contributed by atoms with Crippen LogP contribution in [0.5, 0.6) is 0 Å². The molecule has 0 aliphatic heterocycles. The van der Waals surface area contributed by atoms with Crippen molar-refractivity contribution in [3.63, 3.8) is 0 Å². The fraction of sp³-hybridized carbons (Fsp3) is 0.647. The highest BCUT2D eigenvalue weighted by Crippen LogP contribution is 2.06. The van der Waals surface area contributed by atoms with Gasteiger partial charge in [-0.25, -0.2) is 0 Å². The number of hydrogen-bond donors (Lipinski definition) is 12. The monoisotopic (exact) mass is 1600 g/mol. The number of nitrogens with two attached hydrogens (primary N) is 4. The average molecular weight is 1600 g/mol. The number of hydrogen-bond acceptors (Lipinski definition) is 32. The fourth-order valence-electron chi connectivity index (χ4n) is 8.05. The molecule has 0 aromatic carbocycles. The Hall–Kier alpha value is -11.3. The maximum absolute atomic E-state index is 12.2. The largest absolute Gasteiger partial charge is 0.468 e. The summed E-state index contributed by atoms with van der Waals surface area (Å²) >= 11 is 0. The number of rotatable bonds is 56. The van der Waals surface area contributed by atoms with Crippen molar-refractivity contribution in [2.45, 2.75) is 130 Å². The minimum Gasteiger partial charge on any atom is -0.468 e. The third kappa shape index (κ3) is 60.6. The summed E-state index contributed by atoms with van der Waals surface area (Å²) in [6, 6.07) is 0. The van der Waals surface area contributed by atoms with Gasteiger partial charge in [0, 0.05) is 129 Å². The van der Waals surface area contributed by atoms with Crippen molar-refractivity contribution in [3.05, 3.63) is 0 Å². The Bertz CT molecular complexity index is 2780. The van der Waals surface area contributed by atoms with Crippen molar-refractivity contribution < 1.29 is 134 Å². The van der Waals surface area contributed by atoms with Crippen molar-refractivity contribution in [1.29, 1.82) is 0 Å². The summed E-state index contributed by atoms with van der Waals surface area (Å²) in [6.45, 7) is 3.07. The molecule has 0 atom stereocenters. The second-order valence-corrected chi connectivity index (χ2v) is 23.4. The first-order valence-electron chi connectivity index (χ1n) is 35.4. The molecule has 16 N–H and O–H groups in total. The number of amides is 12. The van der Waals surface area contributed by atoms with Crippen LogP contribution in [-0.2, 0) is 134 Å². The number of ketones is 8. The van der Waals surface area contributed by atoms with Crippen molar-refractivity contribution in [3.8, 4) is 0 Å². The second kappa shape index (κ2) is 66.7. The predicted molar refractivity (Wildman–Crippen MR) is 391 cm³/mol. The number of Topliss-reactive ketones (excluding diaryl/α,β-unsaturated/α-hetero) is 8. The minimum absolute atomic E-state index is 0.0185. The maximum atomic E-state index is 12.2. The van der Waals surface area contributed by atoms with E-state index >= 15 is 0 Å². The van der Waals surface area contributed by atoms with Gasteiger partial charge in [0.1, 0.15) is 75.5 Å². The molecule has 44 heteroatoms. The zero-order valence-electron chi connectivity index (χ0n) is 65.0. The Morgan fingerprint density at radius 2 is 0.375 bits per heavy atom. The molecule has 0 aliphatic carbocycles. The topological polar surface area (TPSA) is 660 Å². The molecule has 0 aromatic rings. The Kier molecular flexibility index (Phi) is 63.7. The molecule has 0 saturated carbocycles. The van der Waals surface area contributed by atoms with Crippen LogP contribution in [0.3, 0.4) is 0 Å². The molecule has 0 fully saturated rings. The molecule has 12 amide bonds. The van der Waals surface area contributed by atoms with E-state index in [1.807, 2.05) is 0 Å². The van der Waals surface area contributed by atoms with Gasteiger partial charge >= 0.3 is 23.9 Å². The molecule has 0 heterocycles. The number of carbonyl (C=O) groups excluding carboxylic acids is 24. The summed E-state index contributed by atoms with van der Waals surface area (Å²) in [5.74, 6) is -11.7. The molecule has 0 aliphatic rings. The summed E-state index contributed by atoms with van der Waals surface area (Å²) in [7, 11) is 4.54. The molecule has 0 bridgehead atoms. The molecule has 44 nitrogen and oxygen atoms in total. The van der Waals surface area contributed by atoms with E-state index in [0.717, 1.165) is 48.0 Å². The lowest BCUT2D eigenvalue weighted by Crippen LogP contribution is -2.44. The lowest BCUT2D eigenvalue weighted by molar-refractivity contribution is -0.148. The highest BCUT2D eigenvalue weighted by atomic mass is 16.5. The van der Waals surface area contributed by atoms with Gasteiger partial charge in [-0.1, -0.05) is 0 Å². The Labute approximate surface area is 647 Å². The van der Waals surface area contributed by atoms with E-state index in [9.17, 15) is 115 Å². The molecular formula is C68H112N16O28. The van der Waals surface area contributed by atoms with Gasteiger partial charge in [-0.05, 0) is 27.7 Å². The van der Waals surface area contributed by atoms with E-state index in [2.05, 4.69) is 61.5 Å². The molecule has 0 saturated heterocycles. The second-order valence-electron chi connectivity index (χ2n) is 23.4. The molecule has 0 unspecified atom stereocenters. The summed E-state index contributed by atoms with van der Waals surface area (Å²) in [4.78, 5) is 283. The van der Waals surface area contributed by atoms with Crippen molar-refractivity contribution in [1.82, 2.24) is 62.1 Å². The van der Waals surface area contributed by atoms with Crippen LogP contribution in [0.4, 0.5) is 0 Å². The van der Waals surface area contributed by atoms with E-state index in [1.54, 1.807) is 27.7 Å². The Balaban J connectivity index is -0.000000694. The zero-order chi connectivity index (χ0) is 86.1. The van der Waals surface area contributed by atoms with Gasteiger partial charge in [0.25, 0.3) is 0 Å². The van der Waals surface area contributed by atoms with E-state index in [0.29, 0.717) is 26.2 Å². The number of esters is 4. The third-order valence-corrected chi connectivity index (χ3v) is 14.3. The Morgan fingerprint density at radius 3 is 0.518 bits per heavy atom. The number of carbonyl (C=O) groups is 24. The van der Waals surface area contributed by atoms with Gasteiger partial charge < -0.3 is 104 Å². The normalized spacial score (nSPS) is 9.96. The van der Waals surface area contributed by atoms with Crippen LogP contribution in [0.15, 0.2) is 0 Å². The van der Waals surface area contributed by atoms with Crippen LogP contribution in [0, 0.1) is 0 Å². The van der Waals surface area contributed by atoms with E-state index < -0.39 is 123 Å². The molecule has 112 heavy (non-hydrogen) atoms. The lowest BCUT2D eigenvalue weighted by Gasteiger charge is -2.20. The van der Waals surface area contributed by atoms with Crippen LogP contribution in [0.1, 0.15) is 130 Å². The first-order valence-corrected chi connectivity index (χ1v) is 35.4. The SMILES string of the molecule is CCNC(=O)CCC(=O)CNC(=O)CN(CC(=O)OC)C(=O)CCC(=O)CN.CCNC(=O)CCC(=O)CNC(=O)CN(CC(=O)OC)C(=O)CCC(=O)CN.CCNC(=O)CCC(=O)CNC(=O)CN(CC(=O)OC)C(=O)CCC(=O)CN.CCNC(=O)CCC(=O)CNC(=O)CN(CC(=O)OC)C(=O)CCC(=O)CN. The molecule has 0 rings (SSSR count). The predicted octanol–water partition coefficient (Wildman–Crippen LogP) is -8.41. The highest BCUT2D eigenvalue weighted by Gasteiger charge is 2.27. The van der Waals surface area contributed by atoms with Crippen LogP contribution < -0.4 is 65.5 Å². The molecule has 0 spiro atoms. The van der Waals surface area contributed by atoms with Crippen LogP contribution >= 0.6 is 0 Å². The molecular weight excluding hydrogens is 1490 g/mol. The van der Waals surface area contributed by atoms with Crippen molar-refractivity contribution >= 4 is 141 Å². The smallest absolute Gasteiger partial charge is 0.325 e. The molecule has 0 aromatic heterocycles. The molecule has 0 radical (unpaired) electrons. The van der Waals surface area contributed by atoms with Gasteiger partial charge in [-0.15, -0.1) is 0 Å². The first-order chi connectivity index (χ1) is 52.9. The number of ether oxygens (including phenoxy) is 4. The van der Waals surface area contributed by atoms with Crippen LogP contribution in [0.2, 0.25) is 0 Å². The van der Waals surface area contributed by atoms with E-state index in [1.165, 1.54) is 0 Å². The summed E-state index contributed by atoms with van der Waals surface area (Å²) in [5, 5.41) is 19.6. The number of methoxy groups -OCH3 is 4. The summed E-state index contributed by atoms with van der Waals surface area (Å²) < 4.78 is 18.0. The van der Waals surface area contributed by atoms with Crippen LogP contribution in [-0.4, -0.2) is 320 Å². The highest BCUT2D eigenvalue weighted by molar-refractivity contribution is 5.97. The summed E-state index contributed by atoms with van der Waals surface area (Å²) in [6.07, 6.45) is -1.27. The van der Waals surface area contributed by atoms with Crippen molar-refractivity contribution in [2.75, 3.05) is 159 Å². The quantitative estimate of drug-likeness (QED) is 0.0199. The standard InChI is InChI=1S/4C17H28N4O7/c4*1-3-19-14(24)6-4-13(23)9-20-15(25)10-21(11-17(27)28-2)16(26)7-5-12(22)8-18/h4*3-11,18H2,1-2H3,(H,19,24)(H,20,25). The maximum Gasteiger partial charge on any atom is 0.325 e. The number of nitrogens with zero attached hydrogens (tertiary/aromatic N) is 4.